The van der Waals surface area contributed by atoms with Gasteiger partial charge in [0.2, 0.25) is 0 Å². The summed E-state index contributed by atoms with van der Waals surface area (Å²) in [6, 6.07) is 2.17. The van der Waals surface area contributed by atoms with E-state index in [9.17, 15) is 0 Å². The molecule has 2 aromatic rings. The summed E-state index contributed by atoms with van der Waals surface area (Å²) in [5, 5.41) is 12.2. The van der Waals surface area contributed by atoms with E-state index < -0.39 is 0 Å². The van der Waals surface area contributed by atoms with Crippen molar-refractivity contribution in [3.05, 3.63) is 39.8 Å². The predicted octanol–water partition coefficient (Wildman–Crippen LogP) is 2.23. The summed E-state index contributed by atoms with van der Waals surface area (Å²) < 4.78 is 7.05. The van der Waals surface area contributed by atoms with Crippen molar-refractivity contribution in [1.29, 1.82) is 0 Å². The fourth-order valence-corrected chi connectivity index (χ4v) is 2.63. The minimum atomic E-state index is 0.741. The van der Waals surface area contributed by atoms with Crippen molar-refractivity contribution >= 4 is 11.3 Å². The van der Waals surface area contributed by atoms with Gasteiger partial charge in [-0.15, -0.1) is 0 Å². The van der Waals surface area contributed by atoms with Crippen LogP contribution in [0.15, 0.2) is 23.0 Å². The zero-order valence-corrected chi connectivity index (χ0v) is 12.4. The molecular formula is C14H21N3OS. The smallest absolute Gasteiger partial charge is 0.0638 e. The van der Waals surface area contributed by atoms with E-state index in [0.717, 1.165) is 38.4 Å². The van der Waals surface area contributed by atoms with Gasteiger partial charge in [-0.25, -0.2) is 0 Å². The minimum absolute atomic E-state index is 0.741. The Kier molecular flexibility index (Phi) is 5.57. The molecule has 0 aliphatic rings. The molecule has 0 aromatic carbocycles. The molecule has 104 valence electrons. The lowest BCUT2D eigenvalue weighted by Crippen LogP contribution is -2.18. The Hall–Kier alpha value is -1.17. The van der Waals surface area contributed by atoms with Crippen molar-refractivity contribution in [1.82, 2.24) is 15.1 Å². The van der Waals surface area contributed by atoms with Gasteiger partial charge in [0, 0.05) is 38.5 Å². The van der Waals surface area contributed by atoms with Crippen molar-refractivity contribution < 1.29 is 4.74 Å². The molecule has 0 unspecified atom stereocenters. The maximum atomic E-state index is 5.01. The third-order valence-corrected chi connectivity index (χ3v) is 3.79. The summed E-state index contributed by atoms with van der Waals surface area (Å²) in [4.78, 5) is 0. The quantitative estimate of drug-likeness (QED) is 0.753. The van der Waals surface area contributed by atoms with Crippen LogP contribution in [0.2, 0.25) is 0 Å². The molecule has 0 fully saturated rings. The van der Waals surface area contributed by atoms with Gasteiger partial charge < -0.3 is 10.1 Å². The maximum absolute atomic E-state index is 5.01. The van der Waals surface area contributed by atoms with E-state index in [-0.39, 0.29) is 0 Å². The Labute approximate surface area is 118 Å². The zero-order chi connectivity index (χ0) is 13.5. The van der Waals surface area contributed by atoms with Crippen molar-refractivity contribution in [2.75, 3.05) is 20.3 Å². The number of hydrogen-bond acceptors (Lipinski definition) is 4. The van der Waals surface area contributed by atoms with E-state index in [2.05, 4.69) is 40.4 Å². The number of nitrogens with zero attached hydrogens (tertiary/aromatic N) is 2. The van der Waals surface area contributed by atoms with Gasteiger partial charge >= 0.3 is 0 Å². The summed E-state index contributed by atoms with van der Waals surface area (Å²) in [5.74, 6) is 0. The second-order valence-electron chi connectivity index (χ2n) is 4.55. The molecule has 0 radical (unpaired) electrons. The molecule has 0 amide bonds. The number of rotatable bonds is 8. The molecule has 2 aromatic heterocycles. The summed E-state index contributed by atoms with van der Waals surface area (Å²) in [6.07, 6.45) is 3.18. The Balaban J connectivity index is 1.82. The SMILES string of the molecule is COCCNCc1cn(CCc2ccsc2)nc1C. The van der Waals surface area contributed by atoms with Crippen LogP contribution in [-0.2, 0) is 24.2 Å². The number of methoxy groups -OCH3 is 1. The summed E-state index contributed by atoms with van der Waals surface area (Å²) in [6.45, 7) is 5.47. The van der Waals surface area contributed by atoms with Gasteiger partial charge in [0.15, 0.2) is 0 Å². The number of ether oxygens (including phenoxy) is 1. The van der Waals surface area contributed by atoms with Crippen LogP contribution in [0.5, 0.6) is 0 Å². The van der Waals surface area contributed by atoms with Crippen LogP contribution in [0.25, 0.3) is 0 Å². The number of thiophene rings is 1. The highest BCUT2D eigenvalue weighted by Gasteiger charge is 2.04. The first-order valence-corrected chi connectivity index (χ1v) is 7.47. The number of nitrogens with one attached hydrogen (secondary N) is 1. The highest BCUT2D eigenvalue weighted by Crippen LogP contribution is 2.09. The van der Waals surface area contributed by atoms with Crippen LogP contribution in [0.4, 0.5) is 0 Å². The molecule has 2 heterocycles. The molecule has 0 saturated heterocycles. The van der Waals surface area contributed by atoms with E-state index in [1.165, 1.54) is 11.1 Å². The fraction of sp³-hybridized carbons (Fsp3) is 0.500. The summed E-state index contributed by atoms with van der Waals surface area (Å²) in [5.41, 5.74) is 3.76. The predicted molar refractivity (Wildman–Crippen MR) is 78.6 cm³/mol. The lowest BCUT2D eigenvalue weighted by molar-refractivity contribution is 0.199. The van der Waals surface area contributed by atoms with Gasteiger partial charge in [0.05, 0.1) is 12.3 Å². The third-order valence-electron chi connectivity index (χ3n) is 3.06. The highest BCUT2D eigenvalue weighted by atomic mass is 32.1. The Morgan fingerprint density at radius 2 is 2.37 bits per heavy atom. The van der Waals surface area contributed by atoms with Crippen molar-refractivity contribution in [2.45, 2.75) is 26.4 Å². The molecule has 0 aliphatic heterocycles. The van der Waals surface area contributed by atoms with E-state index >= 15 is 0 Å². The maximum Gasteiger partial charge on any atom is 0.0638 e. The van der Waals surface area contributed by atoms with Gasteiger partial charge in [0.25, 0.3) is 0 Å². The first-order valence-electron chi connectivity index (χ1n) is 6.53. The van der Waals surface area contributed by atoms with Crippen LogP contribution in [0.1, 0.15) is 16.8 Å². The van der Waals surface area contributed by atoms with Crippen molar-refractivity contribution in [2.24, 2.45) is 0 Å². The number of aryl methyl sites for hydroxylation is 3. The standard InChI is InChI=1S/C14H21N3OS/c1-12-14(9-15-5-7-18-2)10-17(16-12)6-3-13-4-8-19-11-13/h4,8,10-11,15H,3,5-7,9H2,1-2H3. The average molecular weight is 279 g/mol. The van der Waals surface area contributed by atoms with Crippen molar-refractivity contribution in [3.8, 4) is 0 Å². The Bertz CT molecular complexity index is 479. The molecule has 4 nitrogen and oxygen atoms in total. The van der Waals surface area contributed by atoms with Gasteiger partial charge in [0.1, 0.15) is 0 Å². The van der Waals surface area contributed by atoms with Gasteiger partial charge in [-0.2, -0.15) is 16.4 Å². The van der Waals surface area contributed by atoms with Crippen LogP contribution in [0.3, 0.4) is 0 Å². The third kappa shape index (κ3) is 4.45. The summed E-state index contributed by atoms with van der Waals surface area (Å²) >= 11 is 1.75. The van der Waals surface area contributed by atoms with E-state index in [0.29, 0.717) is 0 Å². The van der Waals surface area contributed by atoms with Crippen LogP contribution in [0, 0.1) is 6.92 Å². The first kappa shape index (κ1) is 14.2. The molecule has 0 atom stereocenters. The lowest BCUT2D eigenvalue weighted by atomic mass is 10.2. The molecule has 1 N–H and O–H groups in total. The number of hydrogen-bond donors (Lipinski definition) is 1. The molecule has 19 heavy (non-hydrogen) atoms. The van der Waals surface area contributed by atoms with Crippen molar-refractivity contribution in [3.63, 3.8) is 0 Å². The molecule has 0 bridgehead atoms. The lowest BCUT2D eigenvalue weighted by Gasteiger charge is -2.02. The molecular weight excluding hydrogens is 258 g/mol. The van der Waals surface area contributed by atoms with E-state index in [4.69, 9.17) is 4.74 Å². The molecule has 2 rings (SSSR count). The minimum Gasteiger partial charge on any atom is -0.383 e. The molecule has 5 heteroatoms. The average Bonchev–Trinajstić information content (AvgIpc) is 3.02. The van der Waals surface area contributed by atoms with Crippen LogP contribution in [-0.4, -0.2) is 30.0 Å². The first-order chi connectivity index (χ1) is 9.29. The summed E-state index contributed by atoms with van der Waals surface area (Å²) in [7, 11) is 1.72. The van der Waals surface area contributed by atoms with Gasteiger partial charge in [-0.1, -0.05) is 0 Å². The second kappa shape index (κ2) is 7.43. The van der Waals surface area contributed by atoms with E-state index in [1.807, 2.05) is 4.68 Å². The topological polar surface area (TPSA) is 39.1 Å². The number of aromatic nitrogens is 2. The van der Waals surface area contributed by atoms with Crippen LogP contribution >= 0.6 is 11.3 Å². The van der Waals surface area contributed by atoms with Gasteiger partial charge in [-0.05, 0) is 35.7 Å². The van der Waals surface area contributed by atoms with Crippen LogP contribution < -0.4 is 5.32 Å². The van der Waals surface area contributed by atoms with Gasteiger partial charge in [-0.3, -0.25) is 4.68 Å². The molecule has 0 spiro atoms. The molecule has 0 saturated carbocycles. The Morgan fingerprint density at radius 1 is 1.47 bits per heavy atom. The normalized spacial score (nSPS) is 11.1. The second-order valence-corrected chi connectivity index (χ2v) is 5.33. The Morgan fingerprint density at radius 3 is 3.11 bits per heavy atom. The molecule has 0 aliphatic carbocycles. The highest BCUT2D eigenvalue weighted by molar-refractivity contribution is 7.07. The fourth-order valence-electron chi connectivity index (χ4n) is 1.92. The largest absolute Gasteiger partial charge is 0.383 e. The van der Waals surface area contributed by atoms with E-state index in [1.54, 1.807) is 18.4 Å². The monoisotopic (exact) mass is 279 g/mol. The zero-order valence-electron chi connectivity index (χ0n) is 11.6.